The predicted molar refractivity (Wildman–Crippen MR) is 153 cm³/mol. The van der Waals surface area contributed by atoms with E-state index < -0.39 is 13.9 Å². The van der Waals surface area contributed by atoms with Gasteiger partial charge in [-0.05, 0) is 62.9 Å². The second kappa shape index (κ2) is 12.5. The van der Waals surface area contributed by atoms with Crippen LogP contribution in [-0.4, -0.2) is 37.4 Å². The third kappa shape index (κ3) is 9.17. The molecule has 0 fully saturated rings. The topological polar surface area (TPSA) is 38.8 Å². The van der Waals surface area contributed by atoms with Crippen LogP contribution in [0, 0.1) is 5.92 Å². The third-order valence-corrected chi connectivity index (χ3v) is 11.9. The van der Waals surface area contributed by atoms with Gasteiger partial charge < -0.3 is 9.16 Å². The van der Waals surface area contributed by atoms with Crippen LogP contribution in [-0.2, 0) is 20.5 Å². The second-order valence-corrected chi connectivity index (χ2v) is 17.5. The van der Waals surface area contributed by atoms with Crippen LogP contribution in [0.25, 0.3) is 0 Å². The minimum atomic E-state index is -1.93. The minimum Gasteiger partial charge on any atom is -0.460 e. The van der Waals surface area contributed by atoms with E-state index in [0.29, 0.717) is 13.0 Å². The summed E-state index contributed by atoms with van der Waals surface area (Å²) in [5, 5.41) is 0.133. The van der Waals surface area contributed by atoms with Crippen LogP contribution in [0.15, 0.2) is 60.7 Å². The first-order chi connectivity index (χ1) is 16.6. The van der Waals surface area contributed by atoms with Gasteiger partial charge >= 0.3 is 5.97 Å². The first-order valence-corrected chi connectivity index (χ1v) is 16.2. The Morgan fingerprint density at radius 1 is 0.889 bits per heavy atom. The van der Waals surface area contributed by atoms with Gasteiger partial charge in [0.05, 0.1) is 6.42 Å². The molecule has 0 radical (unpaired) electrons. The van der Waals surface area contributed by atoms with Crippen molar-refractivity contribution < 1.29 is 14.0 Å². The molecule has 0 saturated heterocycles. The highest BCUT2D eigenvalue weighted by Gasteiger charge is 2.39. The lowest BCUT2D eigenvalue weighted by Crippen LogP contribution is -2.47. The number of hydrogen-bond acceptors (Lipinski definition) is 4. The van der Waals surface area contributed by atoms with Crippen LogP contribution in [0.4, 0.5) is 0 Å². The summed E-state index contributed by atoms with van der Waals surface area (Å²) in [6, 6.07) is 21.1. The van der Waals surface area contributed by atoms with E-state index >= 15 is 0 Å². The number of ether oxygens (including phenoxy) is 1. The zero-order valence-corrected chi connectivity index (χ0v) is 25.3. The molecule has 0 aliphatic heterocycles. The van der Waals surface area contributed by atoms with E-state index in [1.807, 2.05) is 32.9 Å². The molecule has 3 atom stereocenters. The van der Waals surface area contributed by atoms with Crippen molar-refractivity contribution in [2.24, 2.45) is 5.92 Å². The number of rotatable bonds is 11. The summed E-state index contributed by atoms with van der Waals surface area (Å²) in [4.78, 5) is 15.6. The average Bonchev–Trinajstić information content (AvgIpc) is 2.78. The molecule has 200 valence electrons. The molecule has 4 nitrogen and oxygen atoms in total. The van der Waals surface area contributed by atoms with Crippen LogP contribution in [0.5, 0.6) is 0 Å². The van der Waals surface area contributed by atoms with Crippen LogP contribution in [0.3, 0.4) is 0 Å². The highest BCUT2D eigenvalue weighted by Crippen LogP contribution is 2.38. The molecule has 0 N–H and O–H groups in total. The molecule has 0 unspecified atom stereocenters. The van der Waals surface area contributed by atoms with E-state index in [-0.39, 0.29) is 29.0 Å². The zero-order valence-electron chi connectivity index (χ0n) is 24.3. The number of carbonyl (C=O) groups is 1. The molecular formula is C31H49NO3Si. The van der Waals surface area contributed by atoms with Gasteiger partial charge in [0.2, 0.25) is 0 Å². The molecule has 0 aliphatic rings. The Kier molecular flexibility index (Phi) is 10.5. The van der Waals surface area contributed by atoms with E-state index in [2.05, 4.69) is 101 Å². The molecule has 0 amide bonds. The number of benzene rings is 2. The summed E-state index contributed by atoms with van der Waals surface area (Å²) in [5.74, 6) is -0.0217. The van der Waals surface area contributed by atoms with Crippen LogP contribution in [0.2, 0.25) is 18.1 Å². The van der Waals surface area contributed by atoms with Crippen molar-refractivity contribution in [3.63, 3.8) is 0 Å². The van der Waals surface area contributed by atoms with Gasteiger partial charge in [-0.25, -0.2) is 0 Å². The number of esters is 1. The van der Waals surface area contributed by atoms with Crippen LogP contribution in [0.1, 0.15) is 79.0 Å². The molecule has 0 bridgehead atoms. The lowest BCUT2D eigenvalue weighted by atomic mass is 9.93. The Hall–Kier alpha value is -1.95. The molecular weight excluding hydrogens is 462 g/mol. The van der Waals surface area contributed by atoms with Crippen molar-refractivity contribution in [2.45, 2.75) is 104 Å². The summed E-state index contributed by atoms with van der Waals surface area (Å²) < 4.78 is 12.5. The molecule has 2 aromatic rings. The molecule has 5 heteroatoms. The summed E-state index contributed by atoms with van der Waals surface area (Å²) >= 11 is 0. The number of nitrogens with zero attached hydrogens (tertiary/aromatic N) is 1. The summed E-state index contributed by atoms with van der Waals surface area (Å²) in [7, 11) is -1.93. The lowest BCUT2D eigenvalue weighted by Gasteiger charge is -2.42. The van der Waals surface area contributed by atoms with Gasteiger partial charge in [0, 0.05) is 25.2 Å². The van der Waals surface area contributed by atoms with Crippen molar-refractivity contribution in [1.82, 2.24) is 4.90 Å². The summed E-state index contributed by atoms with van der Waals surface area (Å²) in [5.41, 5.74) is 1.95. The van der Waals surface area contributed by atoms with Gasteiger partial charge in [-0.3, -0.25) is 9.69 Å². The number of hydrogen-bond donors (Lipinski definition) is 0. The Bertz CT molecular complexity index is 932. The fraction of sp³-hybridized carbons (Fsp3) is 0.581. The molecule has 0 aromatic heterocycles. The lowest BCUT2D eigenvalue weighted by molar-refractivity contribution is -0.157. The largest absolute Gasteiger partial charge is 0.460 e. The molecule has 0 aliphatic carbocycles. The van der Waals surface area contributed by atoms with E-state index in [4.69, 9.17) is 9.16 Å². The highest BCUT2D eigenvalue weighted by molar-refractivity contribution is 6.74. The van der Waals surface area contributed by atoms with Crippen molar-refractivity contribution in [1.29, 1.82) is 0 Å². The monoisotopic (exact) mass is 511 g/mol. The van der Waals surface area contributed by atoms with Gasteiger partial charge in [0.15, 0.2) is 8.32 Å². The maximum Gasteiger partial charge on any atom is 0.307 e. The fourth-order valence-corrected chi connectivity index (χ4v) is 5.24. The van der Waals surface area contributed by atoms with Gasteiger partial charge in [0.1, 0.15) is 5.60 Å². The SMILES string of the molecule is C[C@H](CO[Si](C)(C)C(C)(C)C)[C@H](CC(=O)OC(C)(C)C)N(Cc1ccccc1)[C@H](C)c1ccccc1. The standard InChI is InChI=1S/C31H49NO3Si/c1-24(23-34-36(9,10)31(6,7)8)28(21-29(33)35-30(3,4)5)32(22-26-17-13-11-14-18-26)25(2)27-19-15-12-16-20-27/h11-20,24-25,28H,21-23H2,1-10H3/t24-,25-,28+/m1/s1. The maximum absolute atomic E-state index is 13.2. The van der Waals surface area contributed by atoms with Crippen molar-refractivity contribution >= 4 is 14.3 Å². The average molecular weight is 512 g/mol. The Balaban J connectivity index is 2.43. The van der Waals surface area contributed by atoms with Gasteiger partial charge in [-0.2, -0.15) is 0 Å². The second-order valence-electron chi connectivity index (χ2n) is 12.7. The maximum atomic E-state index is 13.2. The number of carbonyl (C=O) groups excluding carboxylic acids is 1. The Morgan fingerprint density at radius 3 is 1.92 bits per heavy atom. The molecule has 2 aromatic carbocycles. The van der Waals surface area contributed by atoms with Crippen LogP contribution < -0.4 is 0 Å². The predicted octanol–water partition coefficient (Wildman–Crippen LogP) is 8.01. The Morgan fingerprint density at radius 2 is 1.42 bits per heavy atom. The first kappa shape index (κ1) is 30.3. The first-order valence-electron chi connectivity index (χ1n) is 13.3. The zero-order chi connectivity index (χ0) is 27.1. The summed E-state index contributed by atoms with van der Waals surface area (Å²) in [6.45, 7) is 23.0. The van der Waals surface area contributed by atoms with Crippen molar-refractivity contribution in [2.75, 3.05) is 6.61 Å². The van der Waals surface area contributed by atoms with Gasteiger partial charge in [-0.1, -0.05) is 88.4 Å². The quantitative estimate of drug-likeness (QED) is 0.226. The summed E-state index contributed by atoms with van der Waals surface area (Å²) in [6.07, 6.45) is 0.323. The van der Waals surface area contributed by atoms with Crippen LogP contribution >= 0.6 is 0 Å². The fourth-order valence-electron chi connectivity index (χ4n) is 4.13. The van der Waals surface area contributed by atoms with E-state index in [1.54, 1.807) is 0 Å². The molecule has 36 heavy (non-hydrogen) atoms. The van der Waals surface area contributed by atoms with E-state index in [0.717, 1.165) is 6.54 Å². The van der Waals surface area contributed by atoms with E-state index in [1.165, 1.54) is 11.1 Å². The van der Waals surface area contributed by atoms with Gasteiger partial charge in [-0.15, -0.1) is 0 Å². The molecule has 0 spiro atoms. The third-order valence-electron chi connectivity index (χ3n) is 7.38. The smallest absolute Gasteiger partial charge is 0.307 e. The normalized spacial score (nSPS) is 15.4. The molecule has 2 rings (SSSR count). The molecule has 0 heterocycles. The minimum absolute atomic E-state index is 0.0416. The highest BCUT2D eigenvalue weighted by atomic mass is 28.4. The van der Waals surface area contributed by atoms with E-state index in [9.17, 15) is 4.79 Å². The Labute approximate surface area is 221 Å². The van der Waals surface area contributed by atoms with Crippen molar-refractivity contribution in [3.8, 4) is 0 Å². The van der Waals surface area contributed by atoms with Crippen molar-refractivity contribution in [3.05, 3.63) is 71.8 Å². The molecule has 0 saturated carbocycles. The van der Waals surface area contributed by atoms with Gasteiger partial charge in [0.25, 0.3) is 0 Å².